The molecule has 2 heterocycles. The molecule has 2 nitrogen and oxygen atoms in total. The molecule has 2 aliphatic rings. The smallest absolute Gasteiger partial charge is 0.102 e. The zero-order valence-electron chi connectivity index (χ0n) is 7.67. The Morgan fingerprint density at radius 2 is 1.75 bits per heavy atom. The van der Waals surface area contributed by atoms with E-state index in [4.69, 9.17) is 0 Å². The number of rotatable bonds is 2. The SMILES string of the molecule is CN1CC2CN(CCF)CC2C1. The maximum Gasteiger partial charge on any atom is 0.102 e. The number of fused-ring (bicyclic) bond motifs is 1. The van der Waals surface area contributed by atoms with Gasteiger partial charge in [0.05, 0.1) is 0 Å². The second-order valence-corrected chi connectivity index (χ2v) is 4.19. The number of alkyl halides is 1. The topological polar surface area (TPSA) is 6.48 Å². The predicted molar refractivity (Wildman–Crippen MR) is 46.9 cm³/mol. The molecule has 2 saturated heterocycles. The Balaban J connectivity index is 1.85. The summed E-state index contributed by atoms with van der Waals surface area (Å²) < 4.78 is 12.0. The molecule has 12 heavy (non-hydrogen) atoms. The Morgan fingerprint density at radius 3 is 2.25 bits per heavy atom. The van der Waals surface area contributed by atoms with Gasteiger partial charge in [-0.2, -0.15) is 0 Å². The third-order valence-corrected chi connectivity index (χ3v) is 3.15. The number of halogens is 1. The van der Waals surface area contributed by atoms with E-state index in [1.54, 1.807) is 0 Å². The molecule has 0 aromatic carbocycles. The molecule has 0 spiro atoms. The lowest BCUT2D eigenvalue weighted by atomic mass is 10.0. The average Bonchev–Trinajstić information content (AvgIpc) is 2.44. The molecule has 3 heteroatoms. The molecule has 0 aromatic heterocycles. The first kappa shape index (κ1) is 8.45. The number of hydrogen-bond acceptors (Lipinski definition) is 2. The van der Waals surface area contributed by atoms with E-state index >= 15 is 0 Å². The maximum atomic E-state index is 12.0. The zero-order valence-corrected chi connectivity index (χ0v) is 7.67. The van der Waals surface area contributed by atoms with Crippen LogP contribution in [0.3, 0.4) is 0 Å². The Morgan fingerprint density at radius 1 is 1.17 bits per heavy atom. The van der Waals surface area contributed by atoms with Gasteiger partial charge in [-0.05, 0) is 18.9 Å². The quantitative estimate of drug-likeness (QED) is 0.596. The van der Waals surface area contributed by atoms with E-state index in [9.17, 15) is 4.39 Å². The Kier molecular flexibility index (Phi) is 2.33. The van der Waals surface area contributed by atoms with Crippen LogP contribution in [0.1, 0.15) is 0 Å². The van der Waals surface area contributed by atoms with Gasteiger partial charge in [-0.1, -0.05) is 0 Å². The summed E-state index contributed by atoms with van der Waals surface area (Å²) in [5.74, 6) is 1.64. The predicted octanol–water partition coefficient (Wildman–Crippen LogP) is 0.449. The van der Waals surface area contributed by atoms with Crippen molar-refractivity contribution in [1.29, 1.82) is 0 Å². The van der Waals surface area contributed by atoms with Crippen molar-refractivity contribution in [1.82, 2.24) is 9.80 Å². The van der Waals surface area contributed by atoms with Crippen LogP contribution in [0.15, 0.2) is 0 Å². The lowest BCUT2D eigenvalue weighted by molar-refractivity contribution is 0.257. The van der Waals surface area contributed by atoms with Gasteiger partial charge in [-0.15, -0.1) is 0 Å². The van der Waals surface area contributed by atoms with Crippen LogP contribution in [0.4, 0.5) is 4.39 Å². The highest BCUT2D eigenvalue weighted by molar-refractivity contribution is 4.91. The summed E-state index contributed by atoms with van der Waals surface area (Å²) in [4.78, 5) is 4.66. The van der Waals surface area contributed by atoms with Gasteiger partial charge in [0.1, 0.15) is 6.67 Å². The average molecular weight is 172 g/mol. The first-order chi connectivity index (χ1) is 5.79. The molecule has 0 saturated carbocycles. The van der Waals surface area contributed by atoms with Crippen molar-refractivity contribution < 1.29 is 4.39 Å². The van der Waals surface area contributed by atoms with Crippen LogP contribution in [0, 0.1) is 11.8 Å². The van der Waals surface area contributed by atoms with Crippen molar-refractivity contribution >= 4 is 0 Å². The molecule has 2 fully saturated rings. The van der Waals surface area contributed by atoms with Crippen molar-refractivity contribution in [3.8, 4) is 0 Å². The maximum absolute atomic E-state index is 12.0. The van der Waals surface area contributed by atoms with Crippen molar-refractivity contribution in [2.45, 2.75) is 0 Å². The van der Waals surface area contributed by atoms with Gasteiger partial charge in [0.2, 0.25) is 0 Å². The highest BCUT2D eigenvalue weighted by Crippen LogP contribution is 2.29. The second-order valence-electron chi connectivity index (χ2n) is 4.19. The van der Waals surface area contributed by atoms with Gasteiger partial charge in [0.25, 0.3) is 0 Å². The summed E-state index contributed by atoms with van der Waals surface area (Å²) in [7, 11) is 2.18. The number of hydrogen-bond donors (Lipinski definition) is 0. The highest BCUT2D eigenvalue weighted by Gasteiger charge is 2.38. The normalized spacial score (nSPS) is 37.5. The number of nitrogens with zero attached hydrogens (tertiary/aromatic N) is 2. The summed E-state index contributed by atoms with van der Waals surface area (Å²) in [5, 5.41) is 0. The van der Waals surface area contributed by atoms with Crippen molar-refractivity contribution in [2.24, 2.45) is 11.8 Å². The minimum Gasteiger partial charge on any atom is -0.306 e. The van der Waals surface area contributed by atoms with Gasteiger partial charge >= 0.3 is 0 Å². The fourth-order valence-electron chi connectivity index (χ4n) is 2.63. The van der Waals surface area contributed by atoms with E-state index in [0.717, 1.165) is 24.9 Å². The fraction of sp³-hybridized carbons (Fsp3) is 1.00. The Labute approximate surface area is 73.3 Å². The fourth-order valence-corrected chi connectivity index (χ4v) is 2.63. The van der Waals surface area contributed by atoms with Crippen LogP contribution in [-0.4, -0.2) is 56.2 Å². The van der Waals surface area contributed by atoms with Crippen molar-refractivity contribution in [2.75, 3.05) is 46.4 Å². The number of likely N-dealkylation sites (tertiary alicyclic amines) is 2. The second kappa shape index (κ2) is 3.30. The monoisotopic (exact) mass is 172 g/mol. The van der Waals surface area contributed by atoms with Crippen LogP contribution < -0.4 is 0 Å². The first-order valence-corrected chi connectivity index (χ1v) is 4.76. The Bertz CT molecular complexity index is 149. The molecule has 2 aliphatic heterocycles. The van der Waals surface area contributed by atoms with Gasteiger partial charge in [-0.3, -0.25) is 0 Å². The minimum atomic E-state index is -0.185. The standard InChI is InChI=1S/C9H17FN2/c1-11-4-8-6-12(3-2-10)7-9(8)5-11/h8-9H,2-7H2,1H3. The molecule has 0 amide bonds. The van der Waals surface area contributed by atoms with Crippen LogP contribution in [-0.2, 0) is 0 Å². The molecule has 2 unspecified atom stereocenters. The molecule has 2 rings (SSSR count). The molecule has 0 N–H and O–H groups in total. The summed E-state index contributed by atoms with van der Waals surface area (Å²) in [6, 6.07) is 0. The van der Waals surface area contributed by atoms with Crippen LogP contribution in [0.2, 0.25) is 0 Å². The van der Waals surface area contributed by atoms with Gasteiger partial charge in [-0.25, -0.2) is 4.39 Å². The minimum absolute atomic E-state index is 0.185. The summed E-state index contributed by atoms with van der Waals surface area (Å²) in [6.45, 7) is 5.14. The van der Waals surface area contributed by atoms with Crippen molar-refractivity contribution in [3.63, 3.8) is 0 Å². The molecule has 0 radical (unpaired) electrons. The molecular formula is C9H17FN2. The van der Waals surface area contributed by atoms with E-state index in [1.165, 1.54) is 13.1 Å². The highest BCUT2D eigenvalue weighted by atomic mass is 19.1. The van der Waals surface area contributed by atoms with E-state index < -0.39 is 0 Å². The lowest BCUT2D eigenvalue weighted by Gasteiger charge is -2.16. The lowest BCUT2D eigenvalue weighted by Crippen LogP contribution is -2.28. The van der Waals surface area contributed by atoms with E-state index in [-0.39, 0.29) is 6.67 Å². The largest absolute Gasteiger partial charge is 0.306 e. The summed E-state index contributed by atoms with van der Waals surface area (Å²) in [6.07, 6.45) is 0. The molecular weight excluding hydrogens is 155 g/mol. The molecule has 0 aromatic rings. The molecule has 2 atom stereocenters. The van der Waals surface area contributed by atoms with Gasteiger partial charge < -0.3 is 9.80 Å². The first-order valence-electron chi connectivity index (χ1n) is 4.76. The zero-order chi connectivity index (χ0) is 8.55. The van der Waals surface area contributed by atoms with Gasteiger partial charge in [0, 0.05) is 32.7 Å². The third-order valence-electron chi connectivity index (χ3n) is 3.15. The summed E-state index contributed by atoms with van der Waals surface area (Å²) >= 11 is 0. The molecule has 70 valence electrons. The van der Waals surface area contributed by atoms with Gasteiger partial charge in [0.15, 0.2) is 0 Å². The Hall–Kier alpha value is -0.150. The van der Waals surface area contributed by atoms with E-state index in [1.807, 2.05) is 0 Å². The van der Waals surface area contributed by atoms with E-state index in [2.05, 4.69) is 16.8 Å². The van der Waals surface area contributed by atoms with Crippen LogP contribution >= 0.6 is 0 Å². The van der Waals surface area contributed by atoms with Crippen LogP contribution in [0.5, 0.6) is 0 Å². The third kappa shape index (κ3) is 1.48. The van der Waals surface area contributed by atoms with Crippen molar-refractivity contribution in [3.05, 3.63) is 0 Å². The molecule has 0 aliphatic carbocycles. The van der Waals surface area contributed by atoms with Crippen LogP contribution in [0.25, 0.3) is 0 Å². The molecule has 0 bridgehead atoms. The summed E-state index contributed by atoms with van der Waals surface area (Å²) in [5.41, 5.74) is 0. The van der Waals surface area contributed by atoms with E-state index in [0.29, 0.717) is 6.54 Å².